The summed E-state index contributed by atoms with van der Waals surface area (Å²) in [6.45, 7) is 2.61. The quantitative estimate of drug-likeness (QED) is 0.664. The topological polar surface area (TPSA) is 58.6 Å². The van der Waals surface area contributed by atoms with Gasteiger partial charge in [-0.3, -0.25) is 9.59 Å². The van der Waals surface area contributed by atoms with Crippen molar-refractivity contribution in [2.75, 3.05) is 7.11 Å². The summed E-state index contributed by atoms with van der Waals surface area (Å²) in [5.41, 5.74) is 2.53. The molecular weight excluding hydrogens is 388 g/mol. The van der Waals surface area contributed by atoms with Crippen molar-refractivity contribution in [3.8, 4) is 5.75 Å². The fraction of sp³-hybridized carbons (Fsp3) is 0.231. The van der Waals surface area contributed by atoms with E-state index in [2.05, 4.69) is 5.32 Å². The Morgan fingerprint density at radius 2 is 1.65 bits per heavy atom. The van der Waals surface area contributed by atoms with Crippen molar-refractivity contribution in [1.82, 2.24) is 10.2 Å². The third-order valence-electron chi connectivity index (χ3n) is 5.91. The summed E-state index contributed by atoms with van der Waals surface area (Å²) in [6, 6.07) is 24.9. The Morgan fingerprint density at radius 1 is 0.968 bits per heavy atom. The molecule has 0 spiro atoms. The summed E-state index contributed by atoms with van der Waals surface area (Å²) in [4.78, 5) is 28.6. The highest BCUT2D eigenvalue weighted by molar-refractivity contribution is 6.02. The smallest absolute Gasteiger partial charge is 0.255 e. The maximum absolute atomic E-state index is 13.4. The van der Waals surface area contributed by atoms with Crippen molar-refractivity contribution in [2.45, 2.75) is 32.0 Å². The van der Waals surface area contributed by atoms with E-state index in [0.29, 0.717) is 25.1 Å². The lowest BCUT2D eigenvalue weighted by atomic mass is 9.82. The van der Waals surface area contributed by atoms with E-state index in [0.717, 1.165) is 22.4 Å². The number of fused-ring (bicyclic) bond motifs is 1. The second-order valence-electron chi connectivity index (χ2n) is 8.02. The van der Waals surface area contributed by atoms with Crippen LogP contribution in [0.5, 0.6) is 5.75 Å². The van der Waals surface area contributed by atoms with Gasteiger partial charge in [0.05, 0.1) is 7.11 Å². The van der Waals surface area contributed by atoms with E-state index in [1.807, 2.05) is 85.8 Å². The lowest BCUT2D eigenvalue weighted by molar-refractivity contribution is -0.132. The fourth-order valence-corrected chi connectivity index (χ4v) is 4.05. The normalized spacial score (nSPS) is 17.7. The van der Waals surface area contributed by atoms with Crippen molar-refractivity contribution in [2.24, 2.45) is 0 Å². The fourth-order valence-electron chi connectivity index (χ4n) is 4.05. The highest BCUT2D eigenvalue weighted by Gasteiger charge is 2.46. The number of rotatable bonds is 6. The van der Waals surface area contributed by atoms with Gasteiger partial charge in [0, 0.05) is 25.1 Å². The molecule has 0 radical (unpaired) electrons. The van der Waals surface area contributed by atoms with Gasteiger partial charge in [-0.2, -0.15) is 0 Å². The van der Waals surface area contributed by atoms with E-state index < -0.39 is 5.54 Å². The maximum atomic E-state index is 13.4. The molecule has 1 heterocycles. The Kier molecular flexibility index (Phi) is 5.76. The minimum absolute atomic E-state index is 0.118. The molecule has 0 saturated heterocycles. The summed E-state index contributed by atoms with van der Waals surface area (Å²) >= 11 is 0. The van der Waals surface area contributed by atoms with Crippen LogP contribution in [0.3, 0.4) is 0 Å². The number of methoxy groups -OCH3 is 1. The van der Waals surface area contributed by atoms with Gasteiger partial charge in [0.25, 0.3) is 5.91 Å². The number of amides is 2. The van der Waals surface area contributed by atoms with Gasteiger partial charge >= 0.3 is 0 Å². The first-order valence-corrected chi connectivity index (χ1v) is 10.4. The van der Waals surface area contributed by atoms with Gasteiger partial charge in [-0.1, -0.05) is 60.7 Å². The molecule has 2 amide bonds. The minimum atomic E-state index is -0.992. The van der Waals surface area contributed by atoms with E-state index in [9.17, 15) is 9.59 Å². The average Bonchev–Trinajstić information content (AvgIpc) is 2.81. The summed E-state index contributed by atoms with van der Waals surface area (Å²) in [6.07, 6.45) is 0.468. The Hall–Kier alpha value is -3.60. The molecule has 1 atom stereocenters. The standard InChI is InChI=1S/C26H26N2O3/c1-26(25(30)27-17-19-12-14-22(31-2)15-13-19)16-21-10-6-7-11-23(21)24(29)28(26)18-20-8-4-3-5-9-20/h3-15H,16-18H2,1-2H3,(H,27,30). The summed E-state index contributed by atoms with van der Waals surface area (Å²) in [5, 5.41) is 3.04. The molecule has 5 heteroatoms. The molecule has 4 rings (SSSR count). The lowest BCUT2D eigenvalue weighted by Gasteiger charge is -2.44. The predicted molar refractivity (Wildman–Crippen MR) is 120 cm³/mol. The van der Waals surface area contributed by atoms with Gasteiger partial charge in [-0.15, -0.1) is 0 Å². The van der Waals surface area contributed by atoms with Crippen LogP contribution in [0.4, 0.5) is 0 Å². The SMILES string of the molecule is COc1ccc(CNC(=O)C2(C)Cc3ccccc3C(=O)N2Cc2ccccc2)cc1. The molecule has 158 valence electrons. The summed E-state index contributed by atoms with van der Waals surface area (Å²) in [5.74, 6) is 0.487. The van der Waals surface area contributed by atoms with E-state index in [1.54, 1.807) is 12.0 Å². The van der Waals surface area contributed by atoms with Gasteiger partial charge in [0.1, 0.15) is 11.3 Å². The van der Waals surface area contributed by atoms with Crippen LogP contribution < -0.4 is 10.1 Å². The number of ether oxygens (including phenoxy) is 1. The van der Waals surface area contributed by atoms with Gasteiger partial charge in [-0.25, -0.2) is 0 Å². The minimum Gasteiger partial charge on any atom is -0.497 e. The molecule has 5 nitrogen and oxygen atoms in total. The van der Waals surface area contributed by atoms with Gasteiger partial charge in [-0.05, 0) is 41.8 Å². The average molecular weight is 415 g/mol. The van der Waals surface area contributed by atoms with Crippen molar-refractivity contribution < 1.29 is 14.3 Å². The second-order valence-corrected chi connectivity index (χ2v) is 8.02. The molecule has 0 aliphatic carbocycles. The molecule has 31 heavy (non-hydrogen) atoms. The molecule has 1 aliphatic heterocycles. The van der Waals surface area contributed by atoms with Crippen LogP contribution in [0.1, 0.15) is 34.0 Å². The first-order chi connectivity index (χ1) is 15.0. The predicted octanol–water partition coefficient (Wildman–Crippen LogP) is 3.97. The third-order valence-corrected chi connectivity index (χ3v) is 5.91. The molecule has 0 fully saturated rings. The zero-order valence-electron chi connectivity index (χ0n) is 17.8. The lowest BCUT2D eigenvalue weighted by Crippen LogP contribution is -2.62. The third kappa shape index (κ3) is 4.17. The van der Waals surface area contributed by atoms with E-state index in [1.165, 1.54) is 0 Å². The first kappa shape index (κ1) is 20.7. The highest BCUT2D eigenvalue weighted by Crippen LogP contribution is 2.32. The highest BCUT2D eigenvalue weighted by atomic mass is 16.5. The van der Waals surface area contributed by atoms with Crippen LogP contribution in [-0.4, -0.2) is 29.4 Å². The molecule has 3 aromatic rings. The molecule has 0 saturated carbocycles. The zero-order valence-corrected chi connectivity index (χ0v) is 17.8. The Balaban J connectivity index is 1.60. The number of hydrogen-bond acceptors (Lipinski definition) is 3. The summed E-state index contributed by atoms with van der Waals surface area (Å²) in [7, 11) is 1.62. The first-order valence-electron chi connectivity index (χ1n) is 10.4. The number of nitrogens with one attached hydrogen (secondary N) is 1. The van der Waals surface area contributed by atoms with Crippen molar-refractivity contribution in [3.05, 3.63) is 101 Å². The van der Waals surface area contributed by atoms with Gasteiger partial charge < -0.3 is 15.0 Å². The van der Waals surface area contributed by atoms with Crippen LogP contribution in [0.25, 0.3) is 0 Å². The Labute approximate surface area is 182 Å². The second kappa shape index (κ2) is 8.64. The molecule has 0 bridgehead atoms. The van der Waals surface area contributed by atoms with Gasteiger partial charge in [0.15, 0.2) is 0 Å². The van der Waals surface area contributed by atoms with E-state index in [-0.39, 0.29) is 11.8 Å². The Morgan fingerprint density at radius 3 is 2.35 bits per heavy atom. The van der Waals surface area contributed by atoms with Crippen LogP contribution in [0.15, 0.2) is 78.9 Å². The zero-order chi connectivity index (χ0) is 21.8. The molecule has 3 aromatic carbocycles. The number of carbonyl (C=O) groups excluding carboxylic acids is 2. The van der Waals surface area contributed by atoms with Gasteiger partial charge in [0.2, 0.25) is 5.91 Å². The molecular formula is C26H26N2O3. The molecule has 1 aliphatic rings. The van der Waals surface area contributed by atoms with E-state index >= 15 is 0 Å². The molecule has 1 N–H and O–H groups in total. The number of hydrogen-bond donors (Lipinski definition) is 1. The van der Waals surface area contributed by atoms with Crippen molar-refractivity contribution in [3.63, 3.8) is 0 Å². The van der Waals surface area contributed by atoms with Crippen LogP contribution in [0.2, 0.25) is 0 Å². The van der Waals surface area contributed by atoms with E-state index in [4.69, 9.17) is 4.74 Å². The van der Waals surface area contributed by atoms with Crippen molar-refractivity contribution in [1.29, 1.82) is 0 Å². The largest absolute Gasteiger partial charge is 0.497 e. The van der Waals surface area contributed by atoms with Crippen molar-refractivity contribution >= 4 is 11.8 Å². The number of nitrogens with zero attached hydrogens (tertiary/aromatic N) is 1. The number of benzene rings is 3. The Bertz CT molecular complexity index is 1080. The number of carbonyl (C=O) groups is 2. The monoisotopic (exact) mass is 414 g/mol. The molecule has 1 unspecified atom stereocenters. The summed E-state index contributed by atoms with van der Waals surface area (Å²) < 4.78 is 5.19. The van der Waals surface area contributed by atoms with Crippen LogP contribution in [-0.2, 0) is 24.3 Å². The van der Waals surface area contributed by atoms with Crippen LogP contribution in [0, 0.1) is 0 Å². The van der Waals surface area contributed by atoms with Crippen LogP contribution >= 0.6 is 0 Å². The molecule has 0 aromatic heterocycles. The maximum Gasteiger partial charge on any atom is 0.255 e.